The van der Waals surface area contributed by atoms with Crippen LogP contribution in [-0.4, -0.2) is 40.7 Å². The second kappa shape index (κ2) is 8.02. The minimum Gasteiger partial charge on any atom is -0.493 e. The maximum absolute atomic E-state index is 11.0. The Labute approximate surface area is 181 Å². The van der Waals surface area contributed by atoms with Crippen LogP contribution in [0.25, 0.3) is 11.1 Å². The Bertz CT molecular complexity index is 1050. The SMILES string of the molecule is CCc1cnc(N2C[C@@H]3C(COc4ccc(-c5ccc(C(=O)O)cc5)cc4)[C@@H]3C2)nc1. The first-order chi connectivity index (χ1) is 15.1. The smallest absolute Gasteiger partial charge is 0.335 e. The van der Waals surface area contributed by atoms with Crippen LogP contribution in [0.5, 0.6) is 5.75 Å². The molecule has 0 amide bonds. The minimum absolute atomic E-state index is 0.293. The van der Waals surface area contributed by atoms with Gasteiger partial charge in [0, 0.05) is 31.4 Å². The highest BCUT2D eigenvalue weighted by Crippen LogP contribution is 2.52. The first-order valence-electron chi connectivity index (χ1n) is 10.7. The topological polar surface area (TPSA) is 75.6 Å². The lowest BCUT2D eigenvalue weighted by atomic mass is 10.0. The molecule has 2 fully saturated rings. The van der Waals surface area contributed by atoms with Crippen molar-refractivity contribution >= 4 is 11.9 Å². The van der Waals surface area contributed by atoms with Gasteiger partial charge in [-0.1, -0.05) is 31.2 Å². The lowest BCUT2D eigenvalue weighted by Gasteiger charge is -2.19. The van der Waals surface area contributed by atoms with E-state index in [1.54, 1.807) is 12.1 Å². The fourth-order valence-electron chi connectivity index (χ4n) is 4.50. The van der Waals surface area contributed by atoms with E-state index in [0.29, 0.717) is 23.3 Å². The van der Waals surface area contributed by atoms with Gasteiger partial charge in [-0.3, -0.25) is 0 Å². The van der Waals surface area contributed by atoms with Crippen molar-refractivity contribution in [3.8, 4) is 16.9 Å². The van der Waals surface area contributed by atoms with Crippen LogP contribution in [0, 0.1) is 17.8 Å². The molecule has 1 aliphatic carbocycles. The number of rotatable bonds is 7. The maximum Gasteiger partial charge on any atom is 0.335 e. The molecule has 1 saturated carbocycles. The summed E-state index contributed by atoms with van der Waals surface area (Å²) in [5.74, 6) is 2.74. The molecule has 0 radical (unpaired) electrons. The summed E-state index contributed by atoms with van der Waals surface area (Å²) in [6.45, 7) is 4.87. The summed E-state index contributed by atoms with van der Waals surface area (Å²) < 4.78 is 6.05. The van der Waals surface area contributed by atoms with E-state index in [1.807, 2.05) is 48.8 Å². The highest BCUT2D eigenvalue weighted by atomic mass is 16.5. The Balaban J connectivity index is 1.12. The van der Waals surface area contributed by atoms with Gasteiger partial charge in [0.15, 0.2) is 0 Å². The van der Waals surface area contributed by atoms with E-state index in [-0.39, 0.29) is 0 Å². The zero-order valence-electron chi connectivity index (χ0n) is 17.4. The molecule has 3 aromatic rings. The van der Waals surface area contributed by atoms with Gasteiger partial charge in [-0.25, -0.2) is 14.8 Å². The average Bonchev–Trinajstić information content (AvgIpc) is 3.26. The number of aryl methyl sites for hydroxylation is 1. The average molecular weight is 415 g/mol. The highest BCUT2D eigenvalue weighted by molar-refractivity contribution is 5.88. The summed E-state index contributed by atoms with van der Waals surface area (Å²) >= 11 is 0. The molecule has 1 saturated heterocycles. The van der Waals surface area contributed by atoms with E-state index < -0.39 is 5.97 Å². The van der Waals surface area contributed by atoms with Gasteiger partial charge >= 0.3 is 5.97 Å². The third-order valence-electron chi connectivity index (χ3n) is 6.52. The molecule has 158 valence electrons. The number of anilines is 1. The standard InChI is InChI=1S/C25H25N3O3/c1-2-16-11-26-25(27-12-16)28-13-21-22(14-28)23(21)15-31-20-9-7-18(8-10-20)17-3-5-19(6-4-17)24(29)30/h3-12,21-23H,2,13-15H2,1H3,(H,29,30)/t21-,22+,23?. The number of aromatic carboxylic acids is 1. The number of carbonyl (C=O) groups is 1. The van der Waals surface area contributed by atoms with Gasteiger partial charge in [0.25, 0.3) is 0 Å². The summed E-state index contributed by atoms with van der Waals surface area (Å²) in [5.41, 5.74) is 3.49. The van der Waals surface area contributed by atoms with Gasteiger partial charge in [-0.05, 0) is 59.2 Å². The molecule has 0 bridgehead atoms. The second-order valence-electron chi connectivity index (χ2n) is 8.36. The number of ether oxygens (including phenoxy) is 1. The monoisotopic (exact) mass is 415 g/mol. The van der Waals surface area contributed by atoms with Crippen molar-refractivity contribution in [3.63, 3.8) is 0 Å². The number of carboxylic acid groups (broad SMARTS) is 1. The molecule has 3 atom stereocenters. The molecule has 1 unspecified atom stereocenters. The van der Waals surface area contributed by atoms with Crippen LogP contribution in [0.15, 0.2) is 60.9 Å². The number of benzene rings is 2. The first-order valence-corrected chi connectivity index (χ1v) is 10.7. The number of carboxylic acids is 1. The Morgan fingerprint density at radius 2 is 1.58 bits per heavy atom. The first kappa shape index (κ1) is 19.5. The summed E-state index contributed by atoms with van der Waals surface area (Å²) in [6, 6.07) is 14.9. The van der Waals surface area contributed by atoms with Gasteiger partial charge in [-0.2, -0.15) is 0 Å². The molecule has 5 rings (SSSR count). The zero-order chi connectivity index (χ0) is 21.4. The van der Waals surface area contributed by atoms with Crippen molar-refractivity contribution in [2.24, 2.45) is 17.8 Å². The zero-order valence-corrected chi connectivity index (χ0v) is 17.4. The number of nitrogens with zero attached hydrogens (tertiary/aromatic N) is 3. The van der Waals surface area contributed by atoms with Crippen LogP contribution < -0.4 is 9.64 Å². The predicted octanol–water partition coefficient (Wildman–Crippen LogP) is 4.17. The van der Waals surface area contributed by atoms with Crippen LogP contribution in [0.3, 0.4) is 0 Å². The summed E-state index contributed by atoms with van der Waals surface area (Å²) in [4.78, 5) is 22.3. The molecular weight excluding hydrogens is 390 g/mol. The third-order valence-corrected chi connectivity index (χ3v) is 6.52. The van der Waals surface area contributed by atoms with Gasteiger partial charge < -0.3 is 14.7 Å². The molecule has 1 aromatic heterocycles. The number of piperidine rings is 1. The van der Waals surface area contributed by atoms with Crippen molar-refractivity contribution in [3.05, 3.63) is 72.1 Å². The molecular formula is C25H25N3O3. The van der Waals surface area contributed by atoms with Crippen molar-refractivity contribution in [1.29, 1.82) is 0 Å². The fraction of sp³-hybridized carbons (Fsp3) is 0.320. The minimum atomic E-state index is -0.912. The van der Waals surface area contributed by atoms with Crippen molar-refractivity contribution < 1.29 is 14.6 Å². The lowest BCUT2D eigenvalue weighted by Crippen LogP contribution is -2.27. The van der Waals surface area contributed by atoms with Crippen molar-refractivity contribution in [2.45, 2.75) is 13.3 Å². The van der Waals surface area contributed by atoms with Crippen LogP contribution >= 0.6 is 0 Å². The molecule has 6 heteroatoms. The van der Waals surface area contributed by atoms with Gasteiger partial charge in [0.2, 0.25) is 5.95 Å². The Kier molecular flexibility index (Phi) is 5.06. The molecule has 1 N–H and O–H groups in total. The summed E-state index contributed by atoms with van der Waals surface area (Å²) in [6.07, 6.45) is 4.82. The van der Waals surface area contributed by atoms with Gasteiger partial charge in [-0.15, -0.1) is 0 Å². The predicted molar refractivity (Wildman–Crippen MR) is 118 cm³/mol. The normalized spacial score (nSPS) is 21.6. The van der Waals surface area contributed by atoms with Crippen LogP contribution in [0.4, 0.5) is 5.95 Å². The number of aromatic nitrogens is 2. The van der Waals surface area contributed by atoms with E-state index >= 15 is 0 Å². The van der Waals surface area contributed by atoms with E-state index in [0.717, 1.165) is 48.9 Å². The maximum atomic E-state index is 11.0. The largest absolute Gasteiger partial charge is 0.493 e. The Hall–Kier alpha value is -3.41. The molecule has 31 heavy (non-hydrogen) atoms. The second-order valence-corrected chi connectivity index (χ2v) is 8.36. The molecule has 1 aliphatic heterocycles. The Morgan fingerprint density at radius 1 is 1.00 bits per heavy atom. The lowest BCUT2D eigenvalue weighted by molar-refractivity contribution is 0.0697. The molecule has 2 heterocycles. The van der Waals surface area contributed by atoms with Gasteiger partial charge in [0.1, 0.15) is 5.75 Å². The van der Waals surface area contributed by atoms with Gasteiger partial charge in [0.05, 0.1) is 12.2 Å². The van der Waals surface area contributed by atoms with Crippen LogP contribution in [-0.2, 0) is 6.42 Å². The van der Waals surface area contributed by atoms with Crippen LogP contribution in [0.2, 0.25) is 0 Å². The summed E-state index contributed by atoms with van der Waals surface area (Å²) in [7, 11) is 0. The van der Waals surface area contributed by atoms with E-state index in [2.05, 4.69) is 21.8 Å². The third kappa shape index (κ3) is 3.98. The summed E-state index contributed by atoms with van der Waals surface area (Å²) in [5, 5.41) is 9.02. The van der Waals surface area contributed by atoms with Crippen LogP contribution in [0.1, 0.15) is 22.8 Å². The quantitative estimate of drug-likeness (QED) is 0.624. The van der Waals surface area contributed by atoms with Crippen molar-refractivity contribution in [2.75, 3.05) is 24.6 Å². The Morgan fingerprint density at radius 3 is 2.13 bits per heavy atom. The van der Waals surface area contributed by atoms with E-state index in [9.17, 15) is 4.79 Å². The van der Waals surface area contributed by atoms with E-state index in [1.165, 1.54) is 5.56 Å². The molecule has 2 aromatic carbocycles. The highest BCUT2D eigenvalue weighted by Gasteiger charge is 2.56. The number of fused-ring (bicyclic) bond motifs is 1. The number of hydrogen-bond acceptors (Lipinski definition) is 5. The molecule has 0 spiro atoms. The number of hydrogen-bond donors (Lipinski definition) is 1. The van der Waals surface area contributed by atoms with E-state index in [4.69, 9.17) is 9.84 Å². The fourth-order valence-corrected chi connectivity index (χ4v) is 4.50. The van der Waals surface area contributed by atoms with Crippen molar-refractivity contribution in [1.82, 2.24) is 9.97 Å². The molecule has 6 nitrogen and oxygen atoms in total. The molecule has 2 aliphatic rings.